The van der Waals surface area contributed by atoms with Crippen molar-refractivity contribution < 1.29 is 50.2 Å². The summed E-state index contributed by atoms with van der Waals surface area (Å²) in [5.74, 6) is -4.21. The molecule has 1 aliphatic rings. The van der Waals surface area contributed by atoms with E-state index in [2.05, 4.69) is 4.74 Å². The summed E-state index contributed by atoms with van der Waals surface area (Å²) in [6, 6.07) is 10.4. The van der Waals surface area contributed by atoms with E-state index in [-0.39, 0.29) is 24.7 Å². The third kappa shape index (κ3) is 4.19. The van der Waals surface area contributed by atoms with Gasteiger partial charge < -0.3 is 9.47 Å². The lowest BCUT2D eigenvalue weighted by atomic mass is 9.89. The fraction of sp³-hybridized carbons (Fsp3) is 0.286. The Hall–Kier alpha value is -3.37. The zero-order chi connectivity index (χ0) is 23.9. The molecule has 0 fully saturated rings. The summed E-state index contributed by atoms with van der Waals surface area (Å²) in [6.45, 7) is -0.280. The quantitative estimate of drug-likeness (QED) is 0.287. The van der Waals surface area contributed by atoms with Gasteiger partial charge in [-0.25, -0.2) is 4.79 Å². The van der Waals surface area contributed by atoms with Crippen molar-refractivity contribution in [2.24, 2.45) is 5.92 Å². The van der Waals surface area contributed by atoms with Gasteiger partial charge in [-0.1, -0.05) is 24.3 Å². The van der Waals surface area contributed by atoms with Gasteiger partial charge in [0.1, 0.15) is 11.7 Å². The molecule has 0 radical (unpaired) electrons. The maximum absolute atomic E-state index is 12.9. The van der Waals surface area contributed by atoms with Crippen LogP contribution in [0.2, 0.25) is 0 Å². The smallest absolute Gasteiger partial charge is 0.436 e. The van der Waals surface area contributed by atoms with Crippen molar-refractivity contribution in [3.8, 4) is 5.75 Å². The van der Waals surface area contributed by atoms with Crippen molar-refractivity contribution in [3.63, 3.8) is 0 Å². The van der Waals surface area contributed by atoms with Gasteiger partial charge in [0.05, 0.1) is 11.1 Å². The summed E-state index contributed by atoms with van der Waals surface area (Å²) in [7, 11) is 0. The van der Waals surface area contributed by atoms with E-state index < -0.39 is 47.2 Å². The van der Waals surface area contributed by atoms with Crippen molar-refractivity contribution in [2.45, 2.75) is 31.3 Å². The summed E-state index contributed by atoms with van der Waals surface area (Å²) in [4.78, 5) is 36.7. The zero-order valence-corrected chi connectivity index (χ0v) is 16.2. The van der Waals surface area contributed by atoms with E-state index in [1.807, 2.05) is 0 Å². The lowest BCUT2D eigenvalue weighted by molar-refractivity contribution is -0.358. The number of rotatable bonds is 4. The first-order valence-electron chi connectivity index (χ1n) is 9.05. The number of para-hydroxylation sites is 1. The Bertz CT molecular complexity index is 1040. The molecular weight excluding hydrogens is 446 g/mol. The van der Waals surface area contributed by atoms with Gasteiger partial charge in [-0.15, -0.1) is 0 Å². The molecule has 1 unspecified atom stereocenters. The first kappa shape index (κ1) is 23.3. The highest BCUT2D eigenvalue weighted by molar-refractivity contribution is 6.13. The molecule has 32 heavy (non-hydrogen) atoms. The zero-order valence-electron chi connectivity index (χ0n) is 16.2. The van der Waals surface area contributed by atoms with Gasteiger partial charge in [0, 0.05) is 0 Å². The lowest BCUT2D eigenvalue weighted by Gasteiger charge is -2.33. The van der Waals surface area contributed by atoms with Crippen LogP contribution in [0.1, 0.15) is 33.2 Å². The van der Waals surface area contributed by atoms with Crippen molar-refractivity contribution in [3.05, 3.63) is 65.2 Å². The fourth-order valence-corrected chi connectivity index (χ4v) is 2.94. The van der Waals surface area contributed by atoms with Crippen molar-refractivity contribution in [1.82, 2.24) is 0 Å². The van der Waals surface area contributed by atoms with Crippen LogP contribution in [0.4, 0.5) is 26.3 Å². The van der Waals surface area contributed by atoms with Crippen LogP contribution in [0.15, 0.2) is 48.5 Å². The average Bonchev–Trinajstić information content (AvgIpc) is 2.70. The number of alkyl halides is 6. The average molecular weight is 460 g/mol. The molecule has 1 heterocycles. The van der Waals surface area contributed by atoms with Crippen LogP contribution < -0.4 is 4.74 Å². The highest BCUT2D eigenvalue weighted by Gasteiger charge is 2.71. The lowest BCUT2D eigenvalue weighted by Crippen LogP contribution is -2.57. The van der Waals surface area contributed by atoms with Crippen LogP contribution in [-0.2, 0) is 16.0 Å². The molecule has 5 nitrogen and oxygen atoms in total. The van der Waals surface area contributed by atoms with Gasteiger partial charge in [0.25, 0.3) is 5.60 Å². The standard InChI is InChI=1S/C21H14F6O5/c1-19(20(22,23)24,21(25,26)27)32-17(29)12-8-6-11(7-9-12)10-14-16(28)13-4-2-3-5-15(13)31-18(14)30/h2-9,14H,10H2,1H3. The van der Waals surface area contributed by atoms with Crippen molar-refractivity contribution in [1.29, 1.82) is 0 Å². The molecule has 0 amide bonds. The maximum Gasteiger partial charge on any atom is 0.437 e. The second kappa shape index (κ2) is 7.95. The van der Waals surface area contributed by atoms with Crippen LogP contribution in [0.5, 0.6) is 5.75 Å². The molecule has 0 aromatic heterocycles. The molecule has 3 rings (SSSR count). The van der Waals surface area contributed by atoms with E-state index in [0.29, 0.717) is 5.56 Å². The first-order chi connectivity index (χ1) is 14.7. The fourth-order valence-electron chi connectivity index (χ4n) is 2.94. The minimum Gasteiger partial charge on any atom is -0.436 e. The van der Waals surface area contributed by atoms with E-state index in [1.54, 1.807) is 12.1 Å². The minimum absolute atomic E-state index is 0.120. The van der Waals surface area contributed by atoms with Gasteiger partial charge in [-0.3, -0.25) is 9.59 Å². The number of Topliss-reactive ketones (excluding diaryl/α,β-unsaturated/α-hetero) is 1. The molecule has 2 aromatic carbocycles. The van der Waals surface area contributed by atoms with Crippen molar-refractivity contribution in [2.75, 3.05) is 0 Å². The number of fused-ring (bicyclic) bond motifs is 1. The highest BCUT2D eigenvalue weighted by Crippen LogP contribution is 2.46. The number of esters is 2. The molecule has 0 saturated carbocycles. The predicted octanol–water partition coefficient (Wildman–Crippen LogP) is 4.69. The number of benzene rings is 2. The normalized spacial score (nSPS) is 16.9. The third-order valence-corrected chi connectivity index (χ3v) is 4.97. The Morgan fingerprint density at radius 1 is 0.938 bits per heavy atom. The monoisotopic (exact) mass is 460 g/mol. The molecule has 0 bridgehead atoms. The molecule has 1 atom stereocenters. The Morgan fingerprint density at radius 2 is 1.50 bits per heavy atom. The van der Waals surface area contributed by atoms with Crippen LogP contribution in [0, 0.1) is 5.92 Å². The number of hydrogen-bond donors (Lipinski definition) is 0. The highest BCUT2D eigenvalue weighted by atomic mass is 19.4. The summed E-state index contributed by atoms with van der Waals surface area (Å²) >= 11 is 0. The van der Waals surface area contributed by atoms with Crippen molar-refractivity contribution >= 4 is 17.7 Å². The van der Waals surface area contributed by atoms with Crippen LogP contribution in [-0.4, -0.2) is 35.7 Å². The van der Waals surface area contributed by atoms with Crippen LogP contribution in [0.3, 0.4) is 0 Å². The van der Waals surface area contributed by atoms with E-state index >= 15 is 0 Å². The van der Waals surface area contributed by atoms with E-state index in [9.17, 15) is 40.7 Å². The Labute approximate surface area is 176 Å². The Kier molecular flexibility index (Phi) is 5.79. The van der Waals surface area contributed by atoms with Gasteiger partial charge in [0.15, 0.2) is 5.78 Å². The largest absolute Gasteiger partial charge is 0.437 e. The topological polar surface area (TPSA) is 69.7 Å². The van der Waals surface area contributed by atoms with Gasteiger partial charge in [0.2, 0.25) is 0 Å². The summed E-state index contributed by atoms with van der Waals surface area (Å²) in [6.07, 6.45) is -11.9. The molecule has 170 valence electrons. The van der Waals surface area contributed by atoms with Gasteiger partial charge in [-0.05, 0) is 43.2 Å². The molecule has 2 aromatic rings. The second-order valence-corrected chi connectivity index (χ2v) is 7.15. The van der Waals surface area contributed by atoms with Gasteiger partial charge >= 0.3 is 24.3 Å². The van der Waals surface area contributed by atoms with E-state index in [0.717, 1.165) is 12.1 Å². The molecule has 0 saturated heterocycles. The Morgan fingerprint density at radius 3 is 2.06 bits per heavy atom. The first-order valence-corrected chi connectivity index (χ1v) is 9.05. The third-order valence-electron chi connectivity index (χ3n) is 4.97. The number of hydrogen-bond acceptors (Lipinski definition) is 5. The molecule has 11 heteroatoms. The summed E-state index contributed by atoms with van der Waals surface area (Å²) in [5, 5.41) is 0. The maximum atomic E-state index is 12.9. The molecule has 0 aliphatic carbocycles. The number of carbonyl (C=O) groups is 3. The van der Waals surface area contributed by atoms with Gasteiger partial charge in [-0.2, -0.15) is 26.3 Å². The minimum atomic E-state index is -5.89. The second-order valence-electron chi connectivity index (χ2n) is 7.15. The number of carbonyl (C=O) groups excluding carboxylic acids is 3. The Balaban J connectivity index is 1.76. The van der Waals surface area contributed by atoms with Crippen LogP contribution in [0.25, 0.3) is 0 Å². The molecule has 0 N–H and O–H groups in total. The summed E-state index contributed by atoms with van der Waals surface area (Å²) in [5.41, 5.74) is -4.74. The molecule has 0 spiro atoms. The van der Waals surface area contributed by atoms with E-state index in [4.69, 9.17) is 4.74 Å². The molecular formula is C21H14F6O5. The van der Waals surface area contributed by atoms with Crippen LogP contribution >= 0.6 is 0 Å². The molecule has 1 aliphatic heterocycles. The number of halogens is 6. The summed E-state index contributed by atoms with van der Waals surface area (Å²) < 4.78 is 86.4. The number of ether oxygens (including phenoxy) is 2. The number of ketones is 1. The van der Waals surface area contributed by atoms with E-state index in [1.165, 1.54) is 24.3 Å². The predicted molar refractivity (Wildman–Crippen MR) is 96.0 cm³/mol. The SMILES string of the molecule is CC(OC(=O)c1ccc(CC2C(=O)Oc3ccccc3C2=O)cc1)(C(F)(F)F)C(F)(F)F.